The molecule has 0 saturated carbocycles. The quantitative estimate of drug-likeness (QED) is 0.912. The van der Waals surface area contributed by atoms with Crippen LogP contribution >= 0.6 is 0 Å². The van der Waals surface area contributed by atoms with Crippen LogP contribution in [0.2, 0.25) is 0 Å². The molecule has 1 fully saturated rings. The fraction of sp³-hybridized carbons (Fsp3) is 0.667. The molecule has 112 valence electrons. The lowest BCUT2D eigenvalue weighted by Gasteiger charge is -2.31. The third-order valence-corrected chi connectivity index (χ3v) is 4.44. The zero-order valence-corrected chi connectivity index (χ0v) is 13.2. The van der Waals surface area contributed by atoms with Gasteiger partial charge in [-0.25, -0.2) is 0 Å². The Bertz CT molecular complexity index is 414. The molecule has 1 heterocycles. The van der Waals surface area contributed by atoms with Gasteiger partial charge in [0.15, 0.2) is 0 Å². The van der Waals surface area contributed by atoms with Gasteiger partial charge in [-0.1, -0.05) is 45.0 Å². The predicted octanol–water partition coefficient (Wildman–Crippen LogP) is 3.23. The van der Waals surface area contributed by atoms with Crippen molar-refractivity contribution in [1.29, 1.82) is 0 Å². The maximum absolute atomic E-state index is 8.98. The van der Waals surface area contributed by atoms with Crippen LogP contribution in [0.3, 0.4) is 0 Å². The number of likely N-dealkylation sites (tertiary alicyclic amines) is 1. The first-order chi connectivity index (χ1) is 9.49. The van der Waals surface area contributed by atoms with Crippen LogP contribution in [0.25, 0.3) is 0 Å². The molecule has 0 amide bonds. The number of piperidine rings is 1. The van der Waals surface area contributed by atoms with E-state index in [9.17, 15) is 0 Å². The minimum atomic E-state index is 0.237. The van der Waals surface area contributed by atoms with Crippen molar-refractivity contribution < 1.29 is 5.11 Å². The van der Waals surface area contributed by atoms with E-state index < -0.39 is 0 Å². The average molecular weight is 275 g/mol. The zero-order valence-electron chi connectivity index (χ0n) is 13.2. The fourth-order valence-electron chi connectivity index (χ4n) is 3.05. The summed E-state index contributed by atoms with van der Waals surface area (Å²) in [6.07, 6.45) is 3.73. The topological polar surface area (TPSA) is 23.5 Å². The second kappa shape index (κ2) is 6.73. The smallest absolute Gasteiger partial charge is 0.0558 e. The molecule has 0 radical (unpaired) electrons. The second-order valence-corrected chi connectivity index (χ2v) is 7.16. The molecular formula is C18H29NO. The van der Waals surface area contributed by atoms with Crippen molar-refractivity contribution in [3.63, 3.8) is 0 Å². The zero-order chi connectivity index (χ0) is 14.6. The van der Waals surface area contributed by atoms with E-state index in [0.29, 0.717) is 0 Å². The summed E-state index contributed by atoms with van der Waals surface area (Å²) < 4.78 is 0. The van der Waals surface area contributed by atoms with Crippen LogP contribution in [0.4, 0.5) is 0 Å². The van der Waals surface area contributed by atoms with E-state index in [1.54, 1.807) is 0 Å². The molecule has 1 N–H and O–H groups in total. The van der Waals surface area contributed by atoms with Gasteiger partial charge in [-0.15, -0.1) is 0 Å². The molecule has 0 aromatic heterocycles. The number of β-amino-alcohol motifs (C(OH)–C–C–N with tert-alkyl or cyclic N) is 1. The van der Waals surface area contributed by atoms with Crippen LogP contribution in [-0.2, 0) is 11.8 Å². The van der Waals surface area contributed by atoms with Gasteiger partial charge >= 0.3 is 0 Å². The number of hydrogen-bond acceptors (Lipinski definition) is 2. The minimum absolute atomic E-state index is 0.237. The van der Waals surface area contributed by atoms with Crippen molar-refractivity contribution in [3.8, 4) is 0 Å². The first-order valence-corrected chi connectivity index (χ1v) is 7.91. The van der Waals surface area contributed by atoms with E-state index in [0.717, 1.165) is 25.6 Å². The molecule has 20 heavy (non-hydrogen) atoms. The molecule has 0 unspecified atom stereocenters. The number of nitrogens with zero attached hydrogens (tertiary/aromatic N) is 1. The monoisotopic (exact) mass is 275 g/mol. The normalized spacial score (nSPS) is 18.4. The standard InChI is InChI=1S/C18H29NO/c1-18(2,3)17-6-4-5-16(14-17)13-15-7-9-19(10-8-15)11-12-20/h4-6,14-15,20H,7-13H2,1-3H3. The highest BCUT2D eigenvalue weighted by Gasteiger charge is 2.20. The second-order valence-electron chi connectivity index (χ2n) is 7.16. The summed E-state index contributed by atoms with van der Waals surface area (Å²) >= 11 is 0. The molecule has 1 aromatic rings. The SMILES string of the molecule is CC(C)(C)c1cccc(CC2CCN(CCO)CC2)c1. The molecule has 0 atom stereocenters. The van der Waals surface area contributed by atoms with Gasteiger partial charge in [0.1, 0.15) is 0 Å². The maximum Gasteiger partial charge on any atom is 0.0558 e. The predicted molar refractivity (Wildman–Crippen MR) is 85.1 cm³/mol. The minimum Gasteiger partial charge on any atom is -0.395 e. The molecule has 2 nitrogen and oxygen atoms in total. The lowest BCUT2D eigenvalue weighted by Crippen LogP contribution is -2.36. The number of aliphatic hydroxyl groups excluding tert-OH is 1. The highest BCUT2D eigenvalue weighted by Crippen LogP contribution is 2.26. The molecule has 0 spiro atoms. The fourth-order valence-corrected chi connectivity index (χ4v) is 3.05. The van der Waals surface area contributed by atoms with Crippen molar-refractivity contribution in [2.45, 2.75) is 45.4 Å². The number of hydrogen-bond donors (Lipinski definition) is 1. The van der Waals surface area contributed by atoms with Gasteiger partial charge in [-0.3, -0.25) is 0 Å². The van der Waals surface area contributed by atoms with E-state index in [1.165, 1.54) is 30.4 Å². The van der Waals surface area contributed by atoms with Crippen molar-refractivity contribution in [3.05, 3.63) is 35.4 Å². The number of rotatable bonds is 4. The lowest BCUT2D eigenvalue weighted by atomic mass is 9.84. The van der Waals surface area contributed by atoms with E-state index in [2.05, 4.69) is 49.9 Å². The Morgan fingerprint density at radius 2 is 1.90 bits per heavy atom. The Morgan fingerprint density at radius 3 is 2.50 bits per heavy atom. The summed E-state index contributed by atoms with van der Waals surface area (Å²) in [5, 5.41) is 8.98. The summed E-state index contributed by atoms with van der Waals surface area (Å²) in [6, 6.07) is 9.11. The Kier molecular flexibility index (Phi) is 5.22. The molecule has 1 aliphatic heterocycles. The summed E-state index contributed by atoms with van der Waals surface area (Å²) in [5.74, 6) is 0.806. The maximum atomic E-state index is 8.98. The highest BCUT2D eigenvalue weighted by molar-refractivity contribution is 5.28. The van der Waals surface area contributed by atoms with E-state index >= 15 is 0 Å². The van der Waals surface area contributed by atoms with Crippen LogP contribution < -0.4 is 0 Å². The highest BCUT2D eigenvalue weighted by atomic mass is 16.3. The van der Waals surface area contributed by atoms with Crippen LogP contribution in [-0.4, -0.2) is 36.2 Å². The summed E-state index contributed by atoms with van der Waals surface area (Å²) in [6.45, 7) is 10.2. The van der Waals surface area contributed by atoms with Crippen molar-refractivity contribution >= 4 is 0 Å². The molecular weight excluding hydrogens is 246 g/mol. The molecule has 1 aromatic carbocycles. The van der Waals surface area contributed by atoms with Gasteiger partial charge in [0.05, 0.1) is 6.61 Å². The lowest BCUT2D eigenvalue weighted by molar-refractivity contribution is 0.147. The van der Waals surface area contributed by atoms with Gasteiger partial charge in [-0.2, -0.15) is 0 Å². The Balaban J connectivity index is 1.91. The van der Waals surface area contributed by atoms with E-state index in [1.807, 2.05) is 0 Å². The third-order valence-electron chi connectivity index (χ3n) is 4.44. The Hall–Kier alpha value is -0.860. The summed E-state index contributed by atoms with van der Waals surface area (Å²) in [7, 11) is 0. The van der Waals surface area contributed by atoms with Crippen LogP contribution in [0.15, 0.2) is 24.3 Å². The van der Waals surface area contributed by atoms with Crippen molar-refractivity contribution in [2.75, 3.05) is 26.2 Å². The first kappa shape index (κ1) is 15.5. The van der Waals surface area contributed by atoms with Crippen LogP contribution in [0.5, 0.6) is 0 Å². The third kappa shape index (κ3) is 4.32. The molecule has 1 aliphatic rings. The molecule has 0 aliphatic carbocycles. The van der Waals surface area contributed by atoms with Gasteiger partial charge < -0.3 is 10.0 Å². The van der Waals surface area contributed by atoms with Gasteiger partial charge in [-0.05, 0) is 54.8 Å². The number of benzene rings is 1. The molecule has 1 saturated heterocycles. The van der Waals surface area contributed by atoms with Crippen molar-refractivity contribution in [1.82, 2.24) is 4.90 Å². The molecule has 2 rings (SSSR count). The Morgan fingerprint density at radius 1 is 1.20 bits per heavy atom. The number of aliphatic hydroxyl groups is 1. The first-order valence-electron chi connectivity index (χ1n) is 7.91. The molecule has 0 bridgehead atoms. The average Bonchev–Trinajstić information content (AvgIpc) is 2.41. The van der Waals surface area contributed by atoms with Gasteiger partial charge in [0, 0.05) is 6.54 Å². The van der Waals surface area contributed by atoms with Crippen molar-refractivity contribution in [2.24, 2.45) is 5.92 Å². The van der Waals surface area contributed by atoms with E-state index in [-0.39, 0.29) is 12.0 Å². The summed E-state index contributed by atoms with van der Waals surface area (Å²) in [5.41, 5.74) is 3.16. The van der Waals surface area contributed by atoms with Gasteiger partial charge in [0.2, 0.25) is 0 Å². The van der Waals surface area contributed by atoms with Crippen LogP contribution in [0, 0.1) is 5.92 Å². The largest absolute Gasteiger partial charge is 0.395 e. The van der Waals surface area contributed by atoms with E-state index in [4.69, 9.17) is 5.11 Å². The Labute approximate surface area is 123 Å². The van der Waals surface area contributed by atoms with Crippen LogP contribution in [0.1, 0.15) is 44.7 Å². The summed E-state index contributed by atoms with van der Waals surface area (Å²) in [4.78, 5) is 2.38. The van der Waals surface area contributed by atoms with Gasteiger partial charge in [0.25, 0.3) is 0 Å². The molecule has 2 heteroatoms.